The largest absolute Gasteiger partial charge is 0.334 e. The van der Waals surface area contributed by atoms with E-state index in [2.05, 4.69) is 23.3 Å². The number of rotatable bonds is 2. The van der Waals surface area contributed by atoms with Crippen LogP contribution in [0.1, 0.15) is 25.3 Å². The Kier molecular flexibility index (Phi) is 4.51. The summed E-state index contributed by atoms with van der Waals surface area (Å²) in [5, 5.41) is 13.6. The zero-order valence-corrected chi connectivity index (χ0v) is 11.7. The third-order valence-corrected chi connectivity index (χ3v) is 4.05. The van der Waals surface area contributed by atoms with Crippen molar-refractivity contribution in [2.45, 2.75) is 25.8 Å². The molecule has 5 heteroatoms. The van der Waals surface area contributed by atoms with Crippen molar-refractivity contribution in [2.75, 3.05) is 11.1 Å². The van der Waals surface area contributed by atoms with Crippen molar-refractivity contribution in [3.05, 3.63) is 28.8 Å². The zero-order chi connectivity index (χ0) is 13.0. The Morgan fingerprint density at radius 3 is 3.17 bits per heavy atom. The molecule has 1 N–H and O–H groups in total. The van der Waals surface area contributed by atoms with E-state index in [0.717, 1.165) is 29.4 Å². The molecule has 2 rings (SSSR count). The molecule has 94 valence electrons. The lowest BCUT2D eigenvalue weighted by Crippen LogP contribution is -2.19. The van der Waals surface area contributed by atoms with E-state index in [1.807, 2.05) is 0 Å². The third kappa shape index (κ3) is 3.18. The minimum atomic E-state index is 0.395. The number of anilines is 1. The Morgan fingerprint density at radius 1 is 1.61 bits per heavy atom. The van der Waals surface area contributed by atoms with Gasteiger partial charge in [-0.2, -0.15) is 5.26 Å². The molecular formula is C13H14ClN3S. The number of amidine groups is 1. The molecule has 1 unspecified atom stereocenters. The van der Waals surface area contributed by atoms with Gasteiger partial charge in [0, 0.05) is 5.75 Å². The van der Waals surface area contributed by atoms with Crippen LogP contribution in [0.4, 0.5) is 5.69 Å². The summed E-state index contributed by atoms with van der Waals surface area (Å²) in [5.74, 6) is 1.07. The molecule has 1 aromatic carbocycles. The van der Waals surface area contributed by atoms with Crippen LogP contribution in [0.2, 0.25) is 5.02 Å². The van der Waals surface area contributed by atoms with Gasteiger partial charge in [-0.15, -0.1) is 0 Å². The Morgan fingerprint density at radius 2 is 2.44 bits per heavy atom. The highest BCUT2D eigenvalue weighted by molar-refractivity contribution is 8.14. The predicted molar refractivity (Wildman–Crippen MR) is 78.4 cm³/mol. The smallest absolute Gasteiger partial charge is 0.161 e. The van der Waals surface area contributed by atoms with Crippen molar-refractivity contribution in [3.8, 4) is 6.07 Å². The lowest BCUT2D eigenvalue weighted by Gasteiger charge is -2.20. The molecule has 0 radical (unpaired) electrons. The van der Waals surface area contributed by atoms with E-state index in [0.29, 0.717) is 16.6 Å². The van der Waals surface area contributed by atoms with Crippen molar-refractivity contribution in [2.24, 2.45) is 4.99 Å². The van der Waals surface area contributed by atoms with E-state index >= 15 is 0 Å². The number of hydrogen-bond acceptors (Lipinski definition) is 4. The summed E-state index contributed by atoms with van der Waals surface area (Å²) in [6.07, 6.45) is 2.18. The molecule has 18 heavy (non-hydrogen) atoms. The molecule has 1 aliphatic heterocycles. The number of aliphatic imine (C=N–C) groups is 1. The molecule has 1 aromatic rings. The molecule has 1 atom stereocenters. The van der Waals surface area contributed by atoms with Crippen LogP contribution in [0.15, 0.2) is 23.2 Å². The monoisotopic (exact) mass is 279 g/mol. The third-order valence-electron chi connectivity index (χ3n) is 2.80. The molecule has 0 saturated carbocycles. The number of nitriles is 1. The van der Waals surface area contributed by atoms with E-state index in [1.165, 1.54) is 0 Å². The van der Waals surface area contributed by atoms with Gasteiger partial charge in [-0.05, 0) is 31.0 Å². The molecule has 0 spiro atoms. The van der Waals surface area contributed by atoms with E-state index in [4.69, 9.17) is 16.9 Å². The summed E-state index contributed by atoms with van der Waals surface area (Å²) in [4.78, 5) is 4.62. The normalized spacial score (nSPS) is 18.9. The van der Waals surface area contributed by atoms with Crippen molar-refractivity contribution in [1.82, 2.24) is 0 Å². The quantitative estimate of drug-likeness (QED) is 0.893. The highest BCUT2D eigenvalue weighted by Gasteiger charge is 2.15. The van der Waals surface area contributed by atoms with Gasteiger partial charge in [-0.3, -0.25) is 4.99 Å². The summed E-state index contributed by atoms with van der Waals surface area (Å²) >= 11 is 7.80. The van der Waals surface area contributed by atoms with Crippen molar-refractivity contribution >= 4 is 34.2 Å². The Bertz CT molecular complexity index is 507. The first kappa shape index (κ1) is 13.3. The van der Waals surface area contributed by atoms with Crippen LogP contribution < -0.4 is 5.32 Å². The van der Waals surface area contributed by atoms with Gasteiger partial charge in [0.25, 0.3) is 0 Å². The summed E-state index contributed by atoms with van der Waals surface area (Å²) in [5.41, 5.74) is 1.34. The molecule has 1 heterocycles. The minimum absolute atomic E-state index is 0.395. The lowest BCUT2D eigenvalue weighted by atomic mass is 10.2. The van der Waals surface area contributed by atoms with Crippen LogP contribution in [0.25, 0.3) is 0 Å². The standard InChI is InChI=1S/C13H14ClN3S/c1-2-10-5-6-18-13(16-10)17-12-7-9(8-15)3-4-11(12)14/h3-4,7,10H,2,5-6H2,1H3,(H,16,17). The fraction of sp³-hybridized carbons (Fsp3) is 0.385. The van der Waals surface area contributed by atoms with Gasteiger partial charge < -0.3 is 5.32 Å². The van der Waals surface area contributed by atoms with Crippen molar-refractivity contribution in [1.29, 1.82) is 5.26 Å². The summed E-state index contributed by atoms with van der Waals surface area (Å²) in [7, 11) is 0. The van der Waals surface area contributed by atoms with E-state index in [1.54, 1.807) is 30.0 Å². The second-order valence-electron chi connectivity index (χ2n) is 4.06. The van der Waals surface area contributed by atoms with Gasteiger partial charge in [0.2, 0.25) is 0 Å². The SMILES string of the molecule is CCC1CCSC(Nc2cc(C#N)ccc2Cl)=N1. The number of benzene rings is 1. The van der Waals surface area contributed by atoms with Gasteiger partial charge in [0.15, 0.2) is 5.17 Å². The summed E-state index contributed by atoms with van der Waals surface area (Å²) in [6.45, 7) is 2.14. The van der Waals surface area contributed by atoms with E-state index < -0.39 is 0 Å². The maximum atomic E-state index is 8.88. The van der Waals surface area contributed by atoms with Gasteiger partial charge >= 0.3 is 0 Å². The molecular weight excluding hydrogens is 266 g/mol. The number of hydrogen-bond donors (Lipinski definition) is 1. The van der Waals surface area contributed by atoms with Crippen LogP contribution in [-0.2, 0) is 0 Å². The van der Waals surface area contributed by atoms with Crippen molar-refractivity contribution < 1.29 is 0 Å². The van der Waals surface area contributed by atoms with Crippen LogP contribution in [-0.4, -0.2) is 17.0 Å². The molecule has 0 aliphatic carbocycles. The molecule has 0 bridgehead atoms. The number of nitrogens with one attached hydrogen (secondary N) is 1. The number of thioether (sulfide) groups is 1. The highest BCUT2D eigenvalue weighted by Crippen LogP contribution is 2.26. The number of halogens is 1. The second-order valence-corrected chi connectivity index (χ2v) is 5.56. The van der Waals surface area contributed by atoms with Gasteiger partial charge in [0.05, 0.1) is 28.4 Å². The first-order valence-electron chi connectivity index (χ1n) is 5.90. The first-order valence-corrected chi connectivity index (χ1v) is 7.26. The van der Waals surface area contributed by atoms with E-state index in [-0.39, 0.29) is 0 Å². The molecule has 0 saturated heterocycles. The van der Waals surface area contributed by atoms with Gasteiger partial charge in [-0.25, -0.2) is 0 Å². The van der Waals surface area contributed by atoms with E-state index in [9.17, 15) is 0 Å². The maximum Gasteiger partial charge on any atom is 0.161 e. The second kappa shape index (κ2) is 6.12. The van der Waals surface area contributed by atoms with Crippen LogP contribution >= 0.6 is 23.4 Å². The van der Waals surface area contributed by atoms with Crippen LogP contribution in [0.5, 0.6) is 0 Å². The fourth-order valence-corrected chi connectivity index (χ4v) is 2.88. The number of nitrogens with zero attached hydrogens (tertiary/aromatic N) is 2. The molecule has 1 aliphatic rings. The van der Waals surface area contributed by atoms with Crippen LogP contribution in [0.3, 0.4) is 0 Å². The molecule has 0 aromatic heterocycles. The predicted octanol–water partition coefficient (Wildman–Crippen LogP) is 3.90. The zero-order valence-electron chi connectivity index (χ0n) is 10.1. The summed E-state index contributed by atoms with van der Waals surface area (Å²) < 4.78 is 0. The Balaban J connectivity index is 2.19. The molecule has 3 nitrogen and oxygen atoms in total. The summed E-state index contributed by atoms with van der Waals surface area (Å²) in [6, 6.07) is 7.69. The average molecular weight is 280 g/mol. The van der Waals surface area contributed by atoms with Gasteiger partial charge in [0.1, 0.15) is 0 Å². The van der Waals surface area contributed by atoms with Gasteiger partial charge in [-0.1, -0.05) is 30.3 Å². The molecule has 0 amide bonds. The fourth-order valence-electron chi connectivity index (χ4n) is 1.73. The average Bonchev–Trinajstić information content (AvgIpc) is 2.41. The Hall–Kier alpha value is -1.18. The van der Waals surface area contributed by atoms with Crippen LogP contribution in [0, 0.1) is 11.3 Å². The molecule has 0 fully saturated rings. The topological polar surface area (TPSA) is 48.2 Å². The lowest BCUT2D eigenvalue weighted by molar-refractivity contribution is 0.634. The van der Waals surface area contributed by atoms with Crippen molar-refractivity contribution in [3.63, 3.8) is 0 Å². The first-order chi connectivity index (χ1) is 8.72. The minimum Gasteiger partial charge on any atom is -0.334 e. The highest BCUT2D eigenvalue weighted by atomic mass is 35.5. The Labute approximate surface area is 116 Å². The maximum absolute atomic E-state index is 8.88.